The molecule has 1 saturated heterocycles. The molecule has 0 aliphatic carbocycles. The lowest BCUT2D eigenvalue weighted by Gasteiger charge is -2.29. The first-order valence-corrected chi connectivity index (χ1v) is 9.48. The Kier molecular flexibility index (Phi) is 8.09. The molecule has 5 heteroatoms. The molecule has 1 aliphatic heterocycles. The fourth-order valence-corrected chi connectivity index (χ4v) is 3.10. The molecule has 5 nitrogen and oxygen atoms in total. The smallest absolute Gasteiger partial charge is 0.275 e. The Labute approximate surface area is 150 Å². The van der Waals surface area contributed by atoms with Crippen LogP contribution in [0.1, 0.15) is 69.2 Å². The number of rotatable bonds is 9. The Hall–Kier alpha value is -1.72. The van der Waals surface area contributed by atoms with E-state index < -0.39 is 6.10 Å². The van der Waals surface area contributed by atoms with E-state index in [1.165, 1.54) is 5.01 Å². The Bertz CT molecular complexity index is 541. The fraction of sp³-hybridized carbons (Fsp3) is 0.600. The monoisotopic (exact) mass is 346 g/mol. The summed E-state index contributed by atoms with van der Waals surface area (Å²) in [4.78, 5) is 25.8. The number of hydrogen-bond acceptors (Lipinski definition) is 4. The van der Waals surface area contributed by atoms with Gasteiger partial charge in [0.2, 0.25) is 0 Å². The zero-order valence-electron chi connectivity index (χ0n) is 15.4. The van der Waals surface area contributed by atoms with Crippen LogP contribution in [0.2, 0.25) is 0 Å². The zero-order chi connectivity index (χ0) is 18.1. The highest BCUT2D eigenvalue weighted by atomic mass is 16.5. The van der Waals surface area contributed by atoms with E-state index in [-0.39, 0.29) is 17.9 Å². The van der Waals surface area contributed by atoms with E-state index in [1.807, 2.05) is 18.2 Å². The summed E-state index contributed by atoms with van der Waals surface area (Å²) in [5.41, 5.74) is 3.73. The van der Waals surface area contributed by atoms with Gasteiger partial charge in [0.05, 0.1) is 0 Å². The van der Waals surface area contributed by atoms with Crippen LogP contribution in [0.5, 0.6) is 0 Å². The standard InChI is InChI=1S/C20H30N2O3/c1-3-5-13-17(10-4-2)21-22(20(24)18-14-9-15-25-18)19(23)16-11-7-6-8-12-16/h6-8,11-12,17-18,21H,3-5,9-10,13-15H2,1-2H3. The predicted octanol–water partition coefficient (Wildman–Crippen LogP) is 3.70. The van der Waals surface area contributed by atoms with Crippen LogP contribution in [0.15, 0.2) is 30.3 Å². The summed E-state index contributed by atoms with van der Waals surface area (Å²) >= 11 is 0. The molecule has 2 rings (SSSR count). The van der Waals surface area contributed by atoms with Gasteiger partial charge in [-0.1, -0.05) is 51.3 Å². The number of nitrogens with one attached hydrogen (secondary N) is 1. The highest BCUT2D eigenvalue weighted by Gasteiger charge is 2.33. The molecule has 0 radical (unpaired) electrons. The molecule has 1 heterocycles. The van der Waals surface area contributed by atoms with Gasteiger partial charge in [0.1, 0.15) is 6.10 Å². The number of nitrogens with zero attached hydrogens (tertiary/aromatic N) is 1. The average molecular weight is 346 g/mol. The van der Waals surface area contributed by atoms with E-state index in [2.05, 4.69) is 19.3 Å². The lowest BCUT2D eigenvalue weighted by atomic mass is 10.1. The largest absolute Gasteiger partial charge is 0.368 e. The molecule has 1 aromatic rings. The number of benzene rings is 1. The second-order valence-electron chi connectivity index (χ2n) is 6.60. The molecule has 2 atom stereocenters. The van der Waals surface area contributed by atoms with Crippen LogP contribution >= 0.6 is 0 Å². The van der Waals surface area contributed by atoms with E-state index in [0.717, 1.165) is 38.5 Å². The highest BCUT2D eigenvalue weighted by Crippen LogP contribution is 2.17. The van der Waals surface area contributed by atoms with E-state index in [9.17, 15) is 9.59 Å². The van der Waals surface area contributed by atoms with Gasteiger partial charge in [-0.3, -0.25) is 9.59 Å². The van der Waals surface area contributed by atoms with Crippen LogP contribution in [-0.2, 0) is 9.53 Å². The van der Waals surface area contributed by atoms with Crippen LogP contribution in [0.4, 0.5) is 0 Å². The third-order valence-corrected chi connectivity index (χ3v) is 4.50. The minimum Gasteiger partial charge on any atom is -0.368 e. The van der Waals surface area contributed by atoms with E-state index >= 15 is 0 Å². The van der Waals surface area contributed by atoms with Crippen molar-refractivity contribution in [1.29, 1.82) is 0 Å². The second kappa shape index (κ2) is 10.3. The molecule has 2 unspecified atom stereocenters. The first kappa shape index (κ1) is 19.6. The molecule has 1 fully saturated rings. The summed E-state index contributed by atoms with van der Waals surface area (Å²) in [6.45, 7) is 4.84. The lowest BCUT2D eigenvalue weighted by Crippen LogP contribution is -2.54. The van der Waals surface area contributed by atoms with Gasteiger partial charge < -0.3 is 4.74 Å². The molecule has 0 spiro atoms. The molecule has 25 heavy (non-hydrogen) atoms. The molecular weight excluding hydrogens is 316 g/mol. The van der Waals surface area contributed by atoms with Gasteiger partial charge in [-0.25, -0.2) is 10.4 Å². The van der Waals surface area contributed by atoms with Crippen molar-refractivity contribution in [3.8, 4) is 0 Å². The van der Waals surface area contributed by atoms with Crippen LogP contribution in [0.3, 0.4) is 0 Å². The second-order valence-corrected chi connectivity index (χ2v) is 6.60. The Morgan fingerprint density at radius 3 is 2.56 bits per heavy atom. The van der Waals surface area contributed by atoms with Gasteiger partial charge in [-0.2, -0.15) is 0 Å². The average Bonchev–Trinajstić information content (AvgIpc) is 3.18. The Morgan fingerprint density at radius 1 is 1.20 bits per heavy atom. The van der Waals surface area contributed by atoms with Crippen molar-refractivity contribution in [3.63, 3.8) is 0 Å². The minimum atomic E-state index is -0.520. The van der Waals surface area contributed by atoms with Gasteiger partial charge in [0.15, 0.2) is 0 Å². The molecule has 0 aromatic heterocycles. The molecular formula is C20H30N2O3. The first-order valence-electron chi connectivity index (χ1n) is 9.48. The van der Waals surface area contributed by atoms with Crippen molar-refractivity contribution in [1.82, 2.24) is 10.4 Å². The quantitative estimate of drug-likeness (QED) is 0.547. The van der Waals surface area contributed by atoms with E-state index in [4.69, 9.17) is 4.74 Å². The van der Waals surface area contributed by atoms with Crippen molar-refractivity contribution in [2.75, 3.05) is 6.61 Å². The number of hydrazine groups is 1. The summed E-state index contributed by atoms with van der Waals surface area (Å²) in [7, 11) is 0. The molecule has 1 aromatic carbocycles. The van der Waals surface area contributed by atoms with Crippen LogP contribution in [0, 0.1) is 0 Å². The van der Waals surface area contributed by atoms with E-state index in [1.54, 1.807) is 12.1 Å². The first-order chi connectivity index (χ1) is 12.2. The maximum atomic E-state index is 12.9. The summed E-state index contributed by atoms with van der Waals surface area (Å²) in [6.07, 6.45) is 6.05. The van der Waals surface area contributed by atoms with Gasteiger partial charge in [0, 0.05) is 18.2 Å². The van der Waals surface area contributed by atoms with E-state index in [0.29, 0.717) is 18.6 Å². The Balaban J connectivity index is 2.17. The van der Waals surface area contributed by atoms with Crippen LogP contribution in [0.25, 0.3) is 0 Å². The van der Waals surface area contributed by atoms with Crippen LogP contribution < -0.4 is 5.43 Å². The van der Waals surface area contributed by atoms with Crippen molar-refractivity contribution in [3.05, 3.63) is 35.9 Å². The lowest BCUT2D eigenvalue weighted by molar-refractivity contribution is -0.141. The Morgan fingerprint density at radius 2 is 1.96 bits per heavy atom. The molecule has 1 aliphatic rings. The van der Waals surface area contributed by atoms with Crippen molar-refractivity contribution in [2.45, 2.75) is 70.9 Å². The normalized spacial score (nSPS) is 18.1. The number of carbonyl (C=O) groups excluding carboxylic acids is 2. The number of imide groups is 1. The number of ether oxygens (including phenoxy) is 1. The van der Waals surface area contributed by atoms with Crippen molar-refractivity contribution < 1.29 is 14.3 Å². The molecule has 1 N–H and O–H groups in total. The topological polar surface area (TPSA) is 58.6 Å². The fourth-order valence-electron chi connectivity index (χ4n) is 3.10. The third kappa shape index (κ3) is 5.65. The summed E-state index contributed by atoms with van der Waals surface area (Å²) in [5, 5.41) is 1.21. The maximum Gasteiger partial charge on any atom is 0.275 e. The number of unbranched alkanes of at least 4 members (excludes halogenated alkanes) is 1. The number of amides is 2. The summed E-state index contributed by atoms with van der Waals surface area (Å²) < 4.78 is 5.52. The van der Waals surface area contributed by atoms with Gasteiger partial charge >= 0.3 is 0 Å². The third-order valence-electron chi connectivity index (χ3n) is 4.50. The van der Waals surface area contributed by atoms with Crippen LogP contribution in [-0.4, -0.2) is 35.6 Å². The van der Waals surface area contributed by atoms with Gasteiger partial charge in [0.25, 0.3) is 11.8 Å². The van der Waals surface area contributed by atoms with Crippen molar-refractivity contribution >= 4 is 11.8 Å². The SMILES string of the molecule is CCCCC(CCC)NN(C(=O)c1ccccc1)C(=O)C1CCCO1. The van der Waals surface area contributed by atoms with Gasteiger partial charge in [-0.15, -0.1) is 0 Å². The molecule has 138 valence electrons. The predicted molar refractivity (Wildman–Crippen MR) is 97.9 cm³/mol. The minimum absolute atomic E-state index is 0.114. The number of hydrogen-bond donors (Lipinski definition) is 1. The maximum absolute atomic E-state index is 12.9. The van der Waals surface area contributed by atoms with Gasteiger partial charge in [-0.05, 0) is 37.8 Å². The van der Waals surface area contributed by atoms with Crippen molar-refractivity contribution in [2.24, 2.45) is 0 Å². The highest BCUT2D eigenvalue weighted by molar-refractivity contribution is 6.05. The number of carbonyl (C=O) groups is 2. The molecule has 2 amide bonds. The summed E-state index contributed by atoms with van der Waals surface area (Å²) in [6, 6.07) is 9.06. The summed E-state index contributed by atoms with van der Waals surface area (Å²) in [5.74, 6) is -0.581. The molecule has 0 bridgehead atoms. The zero-order valence-corrected chi connectivity index (χ0v) is 15.4. The molecule has 0 saturated carbocycles.